The summed E-state index contributed by atoms with van der Waals surface area (Å²) in [4.78, 5) is 21.2. The van der Waals surface area contributed by atoms with Crippen molar-refractivity contribution in [1.82, 2.24) is 14.8 Å². The summed E-state index contributed by atoms with van der Waals surface area (Å²) in [5, 5.41) is 3.65. The minimum absolute atomic E-state index is 0.243. The molecule has 162 valence electrons. The predicted octanol–water partition coefficient (Wildman–Crippen LogP) is 5.44. The number of alkyl halides is 3. The first-order chi connectivity index (χ1) is 14.8. The van der Waals surface area contributed by atoms with Crippen LogP contribution in [0.15, 0.2) is 53.9 Å². The van der Waals surface area contributed by atoms with E-state index in [1.54, 1.807) is 16.2 Å². The molecule has 1 aliphatic heterocycles. The molecule has 31 heavy (non-hydrogen) atoms. The number of nitrogens with zero attached hydrogens (tertiary/aromatic N) is 3. The molecule has 4 rings (SSSR count). The van der Waals surface area contributed by atoms with Gasteiger partial charge in [0.15, 0.2) is 0 Å². The second-order valence-corrected chi connectivity index (χ2v) is 8.59. The lowest BCUT2D eigenvalue weighted by atomic mass is 10.1. The van der Waals surface area contributed by atoms with Gasteiger partial charge in [0.25, 0.3) is 5.91 Å². The van der Waals surface area contributed by atoms with Crippen molar-refractivity contribution in [3.8, 4) is 10.6 Å². The van der Waals surface area contributed by atoms with Crippen molar-refractivity contribution in [2.75, 3.05) is 26.2 Å². The minimum Gasteiger partial charge on any atom is -0.336 e. The second-order valence-electron chi connectivity index (χ2n) is 7.29. The van der Waals surface area contributed by atoms with Crippen LogP contribution in [0.5, 0.6) is 0 Å². The molecular formula is C22H19ClF3N3OS. The van der Waals surface area contributed by atoms with Crippen molar-refractivity contribution in [1.29, 1.82) is 0 Å². The highest BCUT2D eigenvalue weighted by Gasteiger charge is 2.30. The maximum Gasteiger partial charge on any atom is 0.416 e. The fourth-order valence-electron chi connectivity index (χ4n) is 3.43. The van der Waals surface area contributed by atoms with Gasteiger partial charge in [-0.3, -0.25) is 9.69 Å². The number of rotatable bonds is 4. The lowest BCUT2D eigenvalue weighted by Gasteiger charge is -2.34. The average molecular weight is 466 g/mol. The van der Waals surface area contributed by atoms with E-state index >= 15 is 0 Å². The van der Waals surface area contributed by atoms with Crippen molar-refractivity contribution < 1.29 is 18.0 Å². The Morgan fingerprint density at radius 3 is 2.26 bits per heavy atom. The van der Waals surface area contributed by atoms with Crippen LogP contribution < -0.4 is 0 Å². The van der Waals surface area contributed by atoms with E-state index in [-0.39, 0.29) is 11.5 Å². The van der Waals surface area contributed by atoms with Crippen molar-refractivity contribution in [2.24, 2.45) is 0 Å². The Kier molecular flexibility index (Phi) is 6.31. The molecule has 3 aromatic rings. The molecule has 1 amide bonds. The van der Waals surface area contributed by atoms with Crippen LogP contribution in [0, 0.1) is 0 Å². The van der Waals surface area contributed by atoms with Gasteiger partial charge >= 0.3 is 6.18 Å². The van der Waals surface area contributed by atoms with Gasteiger partial charge in [0.05, 0.1) is 11.3 Å². The first kappa shape index (κ1) is 21.8. The monoisotopic (exact) mass is 465 g/mol. The van der Waals surface area contributed by atoms with E-state index in [9.17, 15) is 18.0 Å². The number of thiazole rings is 1. The van der Waals surface area contributed by atoms with Crippen LogP contribution in [0.25, 0.3) is 10.6 Å². The molecule has 0 aliphatic carbocycles. The Bertz CT molecular complexity index is 1040. The normalized spacial score (nSPS) is 15.3. The molecular weight excluding hydrogens is 447 g/mol. The number of halogens is 4. The molecule has 0 radical (unpaired) electrons. The minimum atomic E-state index is -4.41. The number of amides is 1. The number of hydrogen-bond donors (Lipinski definition) is 0. The summed E-state index contributed by atoms with van der Waals surface area (Å²) in [6.07, 6.45) is -4.41. The molecule has 1 fully saturated rings. The van der Waals surface area contributed by atoms with Crippen LogP contribution in [-0.2, 0) is 12.7 Å². The zero-order valence-corrected chi connectivity index (χ0v) is 18.0. The van der Waals surface area contributed by atoms with E-state index in [1.807, 2.05) is 29.6 Å². The number of hydrogen-bond acceptors (Lipinski definition) is 4. The van der Waals surface area contributed by atoms with E-state index in [4.69, 9.17) is 16.6 Å². The number of piperazine rings is 1. The predicted molar refractivity (Wildman–Crippen MR) is 115 cm³/mol. The molecule has 0 saturated carbocycles. The summed E-state index contributed by atoms with van der Waals surface area (Å²) in [5.74, 6) is -0.243. The van der Waals surface area contributed by atoms with E-state index in [2.05, 4.69) is 4.90 Å². The van der Waals surface area contributed by atoms with Gasteiger partial charge in [-0.2, -0.15) is 13.2 Å². The SMILES string of the molecule is O=C(c1ccc(C(F)(F)F)cc1)N1CCN(Cc2csc(-c3ccc(Cl)cc3)n2)CC1. The van der Waals surface area contributed by atoms with E-state index in [0.717, 1.165) is 28.4 Å². The second kappa shape index (κ2) is 8.98. The highest BCUT2D eigenvalue weighted by molar-refractivity contribution is 7.13. The van der Waals surface area contributed by atoms with Gasteiger partial charge in [-0.1, -0.05) is 23.7 Å². The fraction of sp³-hybridized carbons (Fsp3) is 0.273. The van der Waals surface area contributed by atoms with Gasteiger partial charge < -0.3 is 4.90 Å². The number of benzene rings is 2. The third-order valence-corrected chi connectivity index (χ3v) is 6.34. The summed E-state index contributed by atoms with van der Waals surface area (Å²) < 4.78 is 38.1. The van der Waals surface area contributed by atoms with E-state index in [0.29, 0.717) is 37.7 Å². The van der Waals surface area contributed by atoms with Crippen LogP contribution in [0.1, 0.15) is 21.6 Å². The molecule has 0 atom stereocenters. The van der Waals surface area contributed by atoms with Gasteiger partial charge in [0.1, 0.15) is 5.01 Å². The van der Waals surface area contributed by atoms with Crippen LogP contribution in [0.4, 0.5) is 13.2 Å². The lowest BCUT2D eigenvalue weighted by Crippen LogP contribution is -2.48. The lowest BCUT2D eigenvalue weighted by molar-refractivity contribution is -0.137. The summed E-state index contributed by atoms with van der Waals surface area (Å²) in [7, 11) is 0. The largest absolute Gasteiger partial charge is 0.416 e. The molecule has 2 aromatic carbocycles. The smallest absolute Gasteiger partial charge is 0.336 e. The molecule has 0 N–H and O–H groups in total. The summed E-state index contributed by atoms with van der Waals surface area (Å²) in [6, 6.07) is 11.9. The Hall–Kier alpha value is -2.42. The first-order valence-corrected chi connectivity index (χ1v) is 10.9. The Balaban J connectivity index is 1.32. The summed E-state index contributed by atoms with van der Waals surface area (Å²) >= 11 is 7.51. The fourth-order valence-corrected chi connectivity index (χ4v) is 4.37. The topological polar surface area (TPSA) is 36.4 Å². The van der Waals surface area contributed by atoms with E-state index < -0.39 is 11.7 Å². The molecule has 2 heterocycles. The van der Waals surface area contributed by atoms with Crippen LogP contribution in [0.3, 0.4) is 0 Å². The van der Waals surface area contributed by atoms with Gasteiger partial charge in [0.2, 0.25) is 0 Å². The van der Waals surface area contributed by atoms with Crippen LogP contribution >= 0.6 is 22.9 Å². The van der Waals surface area contributed by atoms with Crippen molar-refractivity contribution in [3.05, 3.63) is 75.8 Å². The zero-order chi connectivity index (χ0) is 22.0. The molecule has 1 saturated heterocycles. The molecule has 0 unspecified atom stereocenters. The summed E-state index contributed by atoms with van der Waals surface area (Å²) in [6.45, 7) is 3.09. The van der Waals surface area contributed by atoms with Gasteiger partial charge in [-0.05, 0) is 36.4 Å². The number of carbonyl (C=O) groups is 1. The molecule has 0 spiro atoms. The molecule has 0 bridgehead atoms. The maximum atomic E-state index is 12.7. The third kappa shape index (κ3) is 5.26. The maximum absolute atomic E-state index is 12.7. The molecule has 4 nitrogen and oxygen atoms in total. The third-order valence-electron chi connectivity index (χ3n) is 5.15. The molecule has 1 aliphatic rings. The highest BCUT2D eigenvalue weighted by Crippen LogP contribution is 2.29. The van der Waals surface area contributed by atoms with Crippen LogP contribution in [-0.4, -0.2) is 46.9 Å². The van der Waals surface area contributed by atoms with Crippen molar-refractivity contribution in [2.45, 2.75) is 12.7 Å². The number of aromatic nitrogens is 1. The standard InChI is InChI=1S/C22H19ClF3N3OS/c23-18-7-3-15(4-8-18)20-27-19(14-31-20)13-28-9-11-29(12-10-28)21(30)16-1-5-17(6-2-16)22(24,25)26/h1-8,14H,9-13H2. The van der Waals surface area contributed by atoms with Gasteiger partial charge in [-0.15, -0.1) is 11.3 Å². The number of carbonyl (C=O) groups excluding carboxylic acids is 1. The molecule has 1 aromatic heterocycles. The average Bonchev–Trinajstić information content (AvgIpc) is 3.22. The summed E-state index contributed by atoms with van der Waals surface area (Å²) in [5.41, 5.74) is 1.51. The van der Waals surface area contributed by atoms with E-state index in [1.165, 1.54) is 12.1 Å². The Morgan fingerprint density at radius 2 is 1.65 bits per heavy atom. The first-order valence-electron chi connectivity index (χ1n) is 9.69. The highest BCUT2D eigenvalue weighted by atomic mass is 35.5. The molecule has 9 heteroatoms. The Morgan fingerprint density at radius 1 is 1.00 bits per heavy atom. The van der Waals surface area contributed by atoms with Crippen molar-refractivity contribution >= 4 is 28.8 Å². The van der Waals surface area contributed by atoms with Gasteiger partial charge in [0, 0.05) is 54.3 Å². The quantitative estimate of drug-likeness (QED) is 0.514. The van der Waals surface area contributed by atoms with Crippen molar-refractivity contribution in [3.63, 3.8) is 0 Å². The van der Waals surface area contributed by atoms with Gasteiger partial charge in [-0.25, -0.2) is 4.98 Å². The Labute approximate surface area is 186 Å². The zero-order valence-electron chi connectivity index (χ0n) is 16.4. The van der Waals surface area contributed by atoms with Crippen LogP contribution in [0.2, 0.25) is 5.02 Å².